The number of rotatable bonds is 0. The summed E-state index contributed by atoms with van der Waals surface area (Å²) in [4.78, 5) is 0.959. The Morgan fingerprint density at radius 3 is 2.53 bits per heavy atom. The second-order valence-electron chi connectivity index (χ2n) is 5.41. The van der Waals surface area contributed by atoms with E-state index in [2.05, 4.69) is 5.32 Å². The van der Waals surface area contributed by atoms with Crippen molar-refractivity contribution in [3.8, 4) is 0 Å². The lowest BCUT2D eigenvalue weighted by Crippen LogP contribution is -2.38. The second kappa shape index (κ2) is 4.62. The maximum atomic E-state index is 12.7. The van der Waals surface area contributed by atoms with Crippen molar-refractivity contribution in [2.24, 2.45) is 0 Å². The number of anilines is 1. The van der Waals surface area contributed by atoms with Crippen LogP contribution in [0.1, 0.15) is 37.7 Å². The fourth-order valence-electron chi connectivity index (χ4n) is 2.93. The van der Waals surface area contributed by atoms with Gasteiger partial charge in [0.1, 0.15) is 0 Å². The lowest BCUT2D eigenvalue weighted by Gasteiger charge is -2.41. The zero-order chi connectivity index (χ0) is 13.5. The molecule has 1 N–H and O–H groups in total. The van der Waals surface area contributed by atoms with Gasteiger partial charge in [0, 0.05) is 21.9 Å². The van der Waals surface area contributed by atoms with Crippen LogP contribution in [0.5, 0.6) is 0 Å². The molecule has 0 aromatic heterocycles. The van der Waals surface area contributed by atoms with Crippen LogP contribution in [0, 0.1) is 0 Å². The molecule has 0 radical (unpaired) electrons. The molecule has 0 amide bonds. The Hall–Kier alpha value is -0.840. The predicted octanol–water partition coefficient (Wildman–Crippen LogP) is 4.93. The summed E-state index contributed by atoms with van der Waals surface area (Å²) in [5, 5.41) is 3.21. The molecule has 3 rings (SSSR count). The van der Waals surface area contributed by atoms with E-state index in [9.17, 15) is 13.2 Å². The van der Waals surface area contributed by atoms with Crippen LogP contribution >= 0.6 is 11.8 Å². The van der Waals surface area contributed by atoms with Gasteiger partial charge in [-0.3, -0.25) is 0 Å². The molecule has 0 unspecified atom stereocenters. The van der Waals surface area contributed by atoms with Crippen LogP contribution in [0.25, 0.3) is 0 Å². The monoisotopic (exact) mass is 287 g/mol. The average molecular weight is 287 g/mol. The largest absolute Gasteiger partial charge is 0.416 e. The van der Waals surface area contributed by atoms with Crippen LogP contribution in [-0.2, 0) is 6.18 Å². The highest BCUT2D eigenvalue weighted by Crippen LogP contribution is 2.49. The van der Waals surface area contributed by atoms with Crippen molar-refractivity contribution in [1.82, 2.24) is 0 Å². The maximum Gasteiger partial charge on any atom is 0.416 e. The van der Waals surface area contributed by atoms with Gasteiger partial charge in [-0.1, -0.05) is 19.3 Å². The first-order valence-electron chi connectivity index (χ1n) is 6.63. The molecule has 2 aliphatic rings. The molecule has 1 fully saturated rings. The van der Waals surface area contributed by atoms with E-state index >= 15 is 0 Å². The molecule has 0 atom stereocenters. The number of halogens is 3. The van der Waals surface area contributed by atoms with Gasteiger partial charge < -0.3 is 5.32 Å². The predicted molar refractivity (Wildman–Crippen MR) is 71.6 cm³/mol. The zero-order valence-electron chi connectivity index (χ0n) is 10.5. The topological polar surface area (TPSA) is 12.0 Å². The fraction of sp³-hybridized carbons (Fsp3) is 0.571. The molecule has 0 saturated heterocycles. The normalized spacial score (nSPS) is 21.8. The molecule has 1 aliphatic carbocycles. The van der Waals surface area contributed by atoms with E-state index in [1.165, 1.54) is 31.4 Å². The van der Waals surface area contributed by atoms with E-state index in [0.717, 1.165) is 24.3 Å². The van der Waals surface area contributed by atoms with Gasteiger partial charge in [-0.05, 0) is 31.0 Å². The summed E-state index contributed by atoms with van der Waals surface area (Å²) in [7, 11) is 0. The molecule has 1 aromatic carbocycles. The summed E-state index contributed by atoms with van der Waals surface area (Å²) in [6.45, 7) is 0.784. The van der Waals surface area contributed by atoms with E-state index in [0.29, 0.717) is 5.69 Å². The minimum Gasteiger partial charge on any atom is -0.383 e. The molecule has 1 saturated carbocycles. The van der Waals surface area contributed by atoms with Crippen molar-refractivity contribution >= 4 is 17.4 Å². The molecule has 104 valence electrons. The van der Waals surface area contributed by atoms with Crippen molar-refractivity contribution < 1.29 is 13.2 Å². The van der Waals surface area contributed by atoms with Gasteiger partial charge in [0.25, 0.3) is 0 Å². The molecular formula is C14H16F3NS. The van der Waals surface area contributed by atoms with Crippen molar-refractivity contribution in [3.63, 3.8) is 0 Å². The quantitative estimate of drug-likeness (QED) is 0.726. The number of nitrogens with one attached hydrogen (secondary N) is 1. The third kappa shape index (κ3) is 2.57. The van der Waals surface area contributed by atoms with Crippen LogP contribution in [0.2, 0.25) is 0 Å². The average Bonchev–Trinajstić information content (AvgIpc) is 2.38. The number of fused-ring (bicyclic) bond motifs is 1. The summed E-state index contributed by atoms with van der Waals surface area (Å²) >= 11 is 1.77. The van der Waals surface area contributed by atoms with Gasteiger partial charge >= 0.3 is 6.18 Å². The summed E-state index contributed by atoms with van der Waals surface area (Å²) < 4.78 is 38.2. The van der Waals surface area contributed by atoms with E-state index < -0.39 is 11.7 Å². The first kappa shape index (κ1) is 13.2. The highest BCUT2D eigenvalue weighted by atomic mass is 32.2. The number of alkyl halides is 3. The van der Waals surface area contributed by atoms with E-state index in [4.69, 9.17) is 0 Å². The van der Waals surface area contributed by atoms with Gasteiger partial charge in [0.05, 0.1) is 5.56 Å². The SMILES string of the molecule is FC(F)(F)c1ccc2c(c1)NCC1(CCCCC1)S2. The number of thioether (sulfide) groups is 1. The molecular weight excluding hydrogens is 271 g/mol. The zero-order valence-corrected chi connectivity index (χ0v) is 11.3. The molecule has 1 aliphatic heterocycles. The van der Waals surface area contributed by atoms with Crippen molar-refractivity contribution in [2.45, 2.75) is 47.9 Å². The Morgan fingerprint density at radius 2 is 1.84 bits per heavy atom. The smallest absolute Gasteiger partial charge is 0.383 e. The first-order chi connectivity index (χ1) is 8.99. The lowest BCUT2D eigenvalue weighted by molar-refractivity contribution is -0.137. The lowest BCUT2D eigenvalue weighted by atomic mass is 9.88. The Labute approximate surface area is 115 Å². The number of hydrogen-bond donors (Lipinski definition) is 1. The highest BCUT2D eigenvalue weighted by Gasteiger charge is 2.38. The summed E-state index contributed by atoms with van der Waals surface area (Å²) in [6, 6.07) is 4.04. The summed E-state index contributed by atoms with van der Waals surface area (Å²) in [6.07, 6.45) is 1.79. The Kier molecular flexibility index (Phi) is 3.20. The Bertz CT molecular complexity index is 478. The Morgan fingerprint density at radius 1 is 1.11 bits per heavy atom. The minimum absolute atomic E-state index is 0.199. The van der Waals surface area contributed by atoms with Crippen LogP contribution in [0.15, 0.2) is 23.1 Å². The molecule has 1 heterocycles. The first-order valence-corrected chi connectivity index (χ1v) is 7.44. The van der Waals surface area contributed by atoms with Gasteiger partial charge in [-0.15, -0.1) is 11.8 Å². The van der Waals surface area contributed by atoms with Crippen molar-refractivity contribution in [1.29, 1.82) is 0 Å². The summed E-state index contributed by atoms with van der Waals surface area (Å²) in [5.41, 5.74) is 0.0648. The molecule has 19 heavy (non-hydrogen) atoms. The second-order valence-corrected chi connectivity index (χ2v) is 6.92. The standard InChI is InChI=1S/C14H16F3NS/c15-14(16,17)10-4-5-12-11(8-10)18-9-13(19-12)6-2-1-3-7-13/h4-5,8,18H,1-3,6-7,9H2. The molecule has 1 spiro atoms. The van der Waals surface area contributed by atoms with Crippen molar-refractivity contribution in [2.75, 3.05) is 11.9 Å². The molecule has 1 nitrogen and oxygen atoms in total. The van der Waals surface area contributed by atoms with E-state index in [1.54, 1.807) is 17.8 Å². The van der Waals surface area contributed by atoms with E-state index in [1.807, 2.05) is 0 Å². The van der Waals surface area contributed by atoms with Gasteiger partial charge in [-0.25, -0.2) is 0 Å². The third-order valence-electron chi connectivity index (χ3n) is 4.00. The fourth-order valence-corrected chi connectivity index (χ4v) is 4.41. The highest BCUT2D eigenvalue weighted by molar-refractivity contribution is 8.01. The maximum absolute atomic E-state index is 12.7. The van der Waals surface area contributed by atoms with Gasteiger partial charge in [-0.2, -0.15) is 13.2 Å². The molecule has 5 heteroatoms. The van der Waals surface area contributed by atoms with Crippen LogP contribution in [-0.4, -0.2) is 11.3 Å². The third-order valence-corrected chi connectivity index (χ3v) is 5.56. The van der Waals surface area contributed by atoms with E-state index in [-0.39, 0.29) is 4.75 Å². The number of hydrogen-bond acceptors (Lipinski definition) is 2. The molecule has 1 aromatic rings. The van der Waals surface area contributed by atoms with Crippen molar-refractivity contribution in [3.05, 3.63) is 23.8 Å². The van der Waals surface area contributed by atoms with Crippen LogP contribution < -0.4 is 5.32 Å². The minimum atomic E-state index is -4.26. The van der Waals surface area contributed by atoms with Crippen LogP contribution in [0.4, 0.5) is 18.9 Å². The van der Waals surface area contributed by atoms with Crippen LogP contribution in [0.3, 0.4) is 0 Å². The number of benzene rings is 1. The van der Waals surface area contributed by atoms with Gasteiger partial charge in [0.15, 0.2) is 0 Å². The molecule has 0 bridgehead atoms. The summed E-state index contributed by atoms with van der Waals surface area (Å²) in [5.74, 6) is 0. The van der Waals surface area contributed by atoms with Gasteiger partial charge in [0.2, 0.25) is 0 Å². The Balaban J connectivity index is 1.86.